The molecule has 6 rings (SSSR count). The van der Waals surface area contributed by atoms with Crippen molar-refractivity contribution in [3.8, 4) is 5.69 Å². The van der Waals surface area contributed by atoms with Crippen molar-refractivity contribution >= 4 is 40.2 Å². The van der Waals surface area contributed by atoms with Gasteiger partial charge in [-0.05, 0) is 72.8 Å². The molecule has 0 aliphatic carbocycles. The number of thiophene rings is 1. The van der Waals surface area contributed by atoms with Crippen molar-refractivity contribution in [1.29, 1.82) is 0 Å². The predicted molar refractivity (Wildman–Crippen MR) is 139 cm³/mol. The SMILES string of the molecule is CCc1ccc(-n2c(=O)c3ccccc3n3c(=S)n(CN4CCCC4c4cccs4)nc23)cc1. The molecule has 0 N–H and O–H groups in total. The minimum absolute atomic E-state index is 0.0860. The van der Waals surface area contributed by atoms with Gasteiger partial charge >= 0.3 is 0 Å². The smallest absolute Gasteiger partial charge is 0.267 e. The Kier molecular flexibility index (Phi) is 5.44. The number of aromatic nitrogens is 4. The van der Waals surface area contributed by atoms with E-state index in [0.29, 0.717) is 28.6 Å². The number of aryl methyl sites for hydroxylation is 1. The van der Waals surface area contributed by atoms with Gasteiger partial charge in [-0.3, -0.25) is 14.1 Å². The highest BCUT2D eigenvalue weighted by Crippen LogP contribution is 2.34. The number of likely N-dealkylation sites (tertiary alicyclic amines) is 1. The molecule has 1 fully saturated rings. The van der Waals surface area contributed by atoms with Crippen LogP contribution in [0.1, 0.15) is 36.2 Å². The Morgan fingerprint density at radius 2 is 1.91 bits per heavy atom. The molecule has 8 heteroatoms. The number of rotatable bonds is 5. The van der Waals surface area contributed by atoms with Gasteiger partial charge in [0, 0.05) is 17.5 Å². The lowest BCUT2D eigenvalue weighted by atomic mass is 10.1. The summed E-state index contributed by atoms with van der Waals surface area (Å²) in [6, 6.07) is 20.5. The van der Waals surface area contributed by atoms with Crippen molar-refractivity contribution in [2.45, 2.75) is 38.9 Å². The van der Waals surface area contributed by atoms with Crippen molar-refractivity contribution in [2.75, 3.05) is 6.54 Å². The number of benzene rings is 2. The van der Waals surface area contributed by atoms with E-state index in [-0.39, 0.29) is 5.56 Å². The molecule has 2 aromatic carbocycles. The van der Waals surface area contributed by atoms with Crippen molar-refractivity contribution < 1.29 is 0 Å². The molecule has 172 valence electrons. The van der Waals surface area contributed by atoms with Gasteiger partial charge in [-0.2, -0.15) is 0 Å². The number of para-hydroxylation sites is 1. The van der Waals surface area contributed by atoms with Crippen molar-refractivity contribution in [2.24, 2.45) is 0 Å². The van der Waals surface area contributed by atoms with E-state index in [4.69, 9.17) is 17.3 Å². The average molecular weight is 488 g/mol. The van der Waals surface area contributed by atoms with Gasteiger partial charge in [-0.1, -0.05) is 37.3 Å². The molecule has 0 radical (unpaired) electrons. The van der Waals surface area contributed by atoms with Crippen LogP contribution in [-0.2, 0) is 13.1 Å². The number of hydrogen-bond donors (Lipinski definition) is 0. The standard InChI is InChI=1S/C26H25N5OS2/c1-2-18-11-13-19(14-12-18)30-24(32)20-7-3-4-8-21(20)31-25(30)27-29(26(31)33)17-28-15-5-9-22(28)23-10-6-16-34-23/h3-4,6-8,10-14,16,22H,2,5,9,15,17H2,1H3. The van der Waals surface area contributed by atoms with E-state index in [1.54, 1.807) is 15.9 Å². The van der Waals surface area contributed by atoms with Crippen LogP contribution in [-0.4, -0.2) is 30.2 Å². The van der Waals surface area contributed by atoms with Gasteiger partial charge in [0.15, 0.2) is 0 Å². The van der Waals surface area contributed by atoms with Crippen LogP contribution < -0.4 is 5.56 Å². The fourth-order valence-corrected chi connectivity index (χ4v) is 6.16. The summed E-state index contributed by atoms with van der Waals surface area (Å²) >= 11 is 7.75. The molecule has 4 heterocycles. The quantitative estimate of drug-likeness (QED) is 0.303. The maximum absolute atomic E-state index is 13.6. The first-order valence-electron chi connectivity index (χ1n) is 11.7. The van der Waals surface area contributed by atoms with Crippen molar-refractivity contribution in [3.05, 3.63) is 91.6 Å². The molecule has 1 aliphatic rings. The van der Waals surface area contributed by atoms with E-state index >= 15 is 0 Å². The van der Waals surface area contributed by atoms with Crippen LogP contribution in [0.25, 0.3) is 22.4 Å². The first-order valence-corrected chi connectivity index (χ1v) is 12.9. The summed E-state index contributed by atoms with van der Waals surface area (Å²) in [6.45, 7) is 3.73. The normalized spacial score (nSPS) is 16.7. The van der Waals surface area contributed by atoms with E-state index in [1.807, 2.05) is 45.5 Å². The molecule has 34 heavy (non-hydrogen) atoms. The Bertz CT molecular complexity index is 1600. The molecular formula is C26H25N5OS2. The van der Waals surface area contributed by atoms with Gasteiger partial charge < -0.3 is 0 Å². The zero-order valence-corrected chi connectivity index (χ0v) is 20.6. The van der Waals surface area contributed by atoms with E-state index in [9.17, 15) is 4.79 Å². The second-order valence-corrected chi connectivity index (χ2v) is 10.1. The molecule has 0 spiro atoms. The minimum Gasteiger partial charge on any atom is -0.276 e. The number of nitrogens with zero attached hydrogens (tertiary/aromatic N) is 5. The molecule has 1 atom stereocenters. The Morgan fingerprint density at radius 1 is 1.09 bits per heavy atom. The number of fused-ring (bicyclic) bond motifs is 3. The van der Waals surface area contributed by atoms with Gasteiger partial charge in [-0.25, -0.2) is 9.25 Å². The van der Waals surface area contributed by atoms with Crippen LogP contribution in [0, 0.1) is 4.77 Å². The van der Waals surface area contributed by atoms with Crippen LogP contribution in [0.2, 0.25) is 0 Å². The van der Waals surface area contributed by atoms with E-state index in [1.165, 1.54) is 10.4 Å². The highest BCUT2D eigenvalue weighted by atomic mass is 32.1. The lowest BCUT2D eigenvalue weighted by molar-refractivity contribution is 0.192. The molecule has 1 saturated heterocycles. The lowest BCUT2D eigenvalue weighted by Gasteiger charge is -2.23. The minimum atomic E-state index is -0.0860. The van der Waals surface area contributed by atoms with E-state index in [0.717, 1.165) is 37.0 Å². The van der Waals surface area contributed by atoms with Crippen LogP contribution in [0.5, 0.6) is 0 Å². The summed E-state index contributed by atoms with van der Waals surface area (Å²) in [5, 5.41) is 7.69. The van der Waals surface area contributed by atoms with Gasteiger partial charge in [0.2, 0.25) is 10.5 Å². The predicted octanol–water partition coefficient (Wildman–Crippen LogP) is 5.59. The fraction of sp³-hybridized carbons (Fsp3) is 0.269. The third-order valence-corrected chi connectivity index (χ3v) is 8.12. The molecule has 5 aromatic rings. The first kappa shape index (κ1) is 21.5. The lowest BCUT2D eigenvalue weighted by Crippen LogP contribution is -2.26. The first-order chi connectivity index (χ1) is 16.7. The highest BCUT2D eigenvalue weighted by molar-refractivity contribution is 7.71. The summed E-state index contributed by atoms with van der Waals surface area (Å²) in [4.78, 5) is 17.4. The average Bonchev–Trinajstić information content (AvgIpc) is 3.61. The third-order valence-electron chi connectivity index (χ3n) is 6.75. The van der Waals surface area contributed by atoms with E-state index in [2.05, 4.69) is 41.5 Å². The Hall–Kier alpha value is -3.07. The zero-order chi connectivity index (χ0) is 23.2. The highest BCUT2D eigenvalue weighted by Gasteiger charge is 2.28. The molecular weight excluding hydrogens is 462 g/mol. The molecule has 1 unspecified atom stereocenters. The Balaban J connectivity index is 1.54. The molecule has 3 aromatic heterocycles. The van der Waals surface area contributed by atoms with Crippen LogP contribution in [0.3, 0.4) is 0 Å². The Labute approximate surface area is 206 Å². The summed E-state index contributed by atoms with van der Waals surface area (Å²) in [5.41, 5.74) is 2.72. The summed E-state index contributed by atoms with van der Waals surface area (Å²) in [5.74, 6) is 0.546. The van der Waals surface area contributed by atoms with Crippen molar-refractivity contribution in [1.82, 2.24) is 23.6 Å². The van der Waals surface area contributed by atoms with Crippen LogP contribution >= 0.6 is 23.6 Å². The maximum atomic E-state index is 13.6. The van der Waals surface area contributed by atoms with Crippen molar-refractivity contribution in [3.63, 3.8) is 0 Å². The van der Waals surface area contributed by atoms with E-state index < -0.39 is 0 Å². The van der Waals surface area contributed by atoms with Gasteiger partial charge in [0.25, 0.3) is 5.56 Å². The fourth-order valence-electron chi connectivity index (χ4n) is 4.99. The molecule has 0 bridgehead atoms. The summed E-state index contributed by atoms with van der Waals surface area (Å²) in [7, 11) is 0. The Morgan fingerprint density at radius 3 is 2.68 bits per heavy atom. The van der Waals surface area contributed by atoms with Gasteiger partial charge in [-0.15, -0.1) is 16.4 Å². The summed E-state index contributed by atoms with van der Waals surface area (Å²) < 4.78 is 6.10. The van der Waals surface area contributed by atoms with Gasteiger partial charge in [0.05, 0.1) is 23.3 Å². The second kappa shape index (κ2) is 8.61. The monoisotopic (exact) mass is 487 g/mol. The summed E-state index contributed by atoms with van der Waals surface area (Å²) in [6.07, 6.45) is 3.24. The largest absolute Gasteiger partial charge is 0.276 e. The maximum Gasteiger partial charge on any atom is 0.267 e. The molecule has 1 aliphatic heterocycles. The third kappa shape index (κ3) is 3.45. The molecule has 0 amide bonds. The zero-order valence-electron chi connectivity index (χ0n) is 18.9. The van der Waals surface area contributed by atoms with Gasteiger partial charge in [0.1, 0.15) is 0 Å². The number of hydrogen-bond acceptors (Lipinski definition) is 5. The molecule has 0 saturated carbocycles. The molecule has 6 nitrogen and oxygen atoms in total. The topological polar surface area (TPSA) is 47.5 Å². The van der Waals surface area contributed by atoms with Crippen LogP contribution in [0.4, 0.5) is 0 Å². The van der Waals surface area contributed by atoms with Crippen LogP contribution in [0.15, 0.2) is 70.8 Å². The second-order valence-electron chi connectivity index (χ2n) is 8.72.